The maximum Gasteiger partial charge on any atom is 0.203 e. The van der Waals surface area contributed by atoms with Gasteiger partial charge in [0.1, 0.15) is 5.75 Å². The van der Waals surface area contributed by atoms with Crippen molar-refractivity contribution in [2.45, 2.75) is 12.8 Å². The molecule has 0 radical (unpaired) electrons. The molecule has 0 aliphatic carbocycles. The molecule has 1 saturated heterocycles. The molecule has 2 aromatic rings. The van der Waals surface area contributed by atoms with Gasteiger partial charge in [0.2, 0.25) is 5.96 Å². The number of hydrogen-bond acceptors (Lipinski definition) is 3. The van der Waals surface area contributed by atoms with Gasteiger partial charge in [-0.05, 0) is 59.1 Å². The Morgan fingerprint density at radius 1 is 1.21 bits per heavy atom. The molecule has 1 aliphatic heterocycles. The molecular weight excluding hydrogens is 368 g/mol. The van der Waals surface area contributed by atoms with Crippen molar-refractivity contribution in [1.82, 2.24) is 4.90 Å². The van der Waals surface area contributed by atoms with Gasteiger partial charge in [-0.25, -0.2) is 4.99 Å². The van der Waals surface area contributed by atoms with Crippen LogP contribution < -0.4 is 5.32 Å². The zero-order valence-corrected chi connectivity index (χ0v) is 14.6. The van der Waals surface area contributed by atoms with Crippen LogP contribution in [0.5, 0.6) is 5.75 Å². The first kappa shape index (κ1) is 16.3. The van der Waals surface area contributed by atoms with E-state index < -0.39 is 0 Å². The Morgan fingerprint density at radius 2 is 1.96 bits per heavy atom. The van der Waals surface area contributed by atoms with Gasteiger partial charge in [-0.2, -0.15) is 5.26 Å². The molecule has 0 unspecified atom stereocenters. The van der Waals surface area contributed by atoms with Gasteiger partial charge >= 0.3 is 0 Å². The zero-order chi connectivity index (χ0) is 16.9. The average molecular weight is 385 g/mol. The van der Waals surface area contributed by atoms with Crippen LogP contribution in [-0.4, -0.2) is 29.1 Å². The fraction of sp³-hybridized carbons (Fsp3) is 0.222. The molecule has 0 spiro atoms. The number of nitriles is 1. The molecule has 1 heterocycles. The lowest BCUT2D eigenvalue weighted by atomic mass is 10.2. The maximum atomic E-state index is 10.1. The molecule has 0 bridgehead atoms. The van der Waals surface area contributed by atoms with Crippen LogP contribution in [0.15, 0.2) is 51.9 Å². The highest BCUT2D eigenvalue weighted by Crippen LogP contribution is 2.28. The summed E-state index contributed by atoms with van der Waals surface area (Å²) in [6.45, 7) is 1.85. The normalized spacial score (nSPS) is 14.5. The highest BCUT2D eigenvalue weighted by Gasteiger charge is 2.18. The lowest BCUT2D eigenvalue weighted by Crippen LogP contribution is -2.33. The average Bonchev–Trinajstić information content (AvgIpc) is 3.12. The largest absolute Gasteiger partial charge is 0.506 e. The summed E-state index contributed by atoms with van der Waals surface area (Å²) in [5, 5.41) is 22.3. The SMILES string of the molecule is N#Cc1ccc(NC(=Nc2ccccc2Br)N2CCCC2)c(O)c1. The van der Waals surface area contributed by atoms with E-state index in [4.69, 9.17) is 10.3 Å². The minimum absolute atomic E-state index is 0.0353. The highest BCUT2D eigenvalue weighted by atomic mass is 79.9. The molecule has 1 aliphatic rings. The lowest BCUT2D eigenvalue weighted by molar-refractivity contribution is 0.476. The number of rotatable bonds is 2. The second-order valence-corrected chi connectivity index (χ2v) is 6.40. The standard InChI is InChI=1S/C18H17BrN4O/c19-14-5-1-2-6-15(14)21-18(23-9-3-4-10-23)22-16-8-7-13(12-20)11-17(16)24/h1-2,5-8,11,24H,3-4,9-10H2,(H,21,22). The Labute approximate surface area is 149 Å². The van der Waals surface area contributed by atoms with Gasteiger partial charge in [0, 0.05) is 17.6 Å². The molecule has 0 aromatic heterocycles. The number of halogens is 1. The molecule has 2 aromatic carbocycles. The van der Waals surface area contributed by atoms with E-state index >= 15 is 0 Å². The van der Waals surface area contributed by atoms with Crippen LogP contribution in [-0.2, 0) is 0 Å². The highest BCUT2D eigenvalue weighted by molar-refractivity contribution is 9.10. The van der Waals surface area contributed by atoms with Crippen LogP contribution in [0.2, 0.25) is 0 Å². The number of phenols is 1. The van der Waals surface area contributed by atoms with E-state index in [1.165, 1.54) is 6.07 Å². The van der Waals surface area contributed by atoms with Gasteiger partial charge in [0.15, 0.2) is 0 Å². The molecule has 1 fully saturated rings. The number of nitrogens with zero attached hydrogens (tertiary/aromatic N) is 3. The smallest absolute Gasteiger partial charge is 0.203 e. The third-order valence-electron chi connectivity index (χ3n) is 3.86. The summed E-state index contributed by atoms with van der Waals surface area (Å²) in [6.07, 6.45) is 2.24. The summed E-state index contributed by atoms with van der Waals surface area (Å²) in [7, 11) is 0. The van der Waals surface area contributed by atoms with E-state index in [0.717, 1.165) is 36.1 Å². The van der Waals surface area contributed by atoms with E-state index in [2.05, 4.69) is 26.1 Å². The molecule has 3 rings (SSSR count). The van der Waals surface area contributed by atoms with Crippen molar-refractivity contribution < 1.29 is 5.11 Å². The van der Waals surface area contributed by atoms with Crippen LogP contribution in [0.25, 0.3) is 0 Å². The van der Waals surface area contributed by atoms with E-state index in [0.29, 0.717) is 17.2 Å². The topological polar surface area (TPSA) is 71.7 Å². The van der Waals surface area contributed by atoms with Gasteiger partial charge in [-0.1, -0.05) is 12.1 Å². The van der Waals surface area contributed by atoms with E-state index in [9.17, 15) is 5.11 Å². The summed E-state index contributed by atoms with van der Waals surface area (Å²) in [4.78, 5) is 6.89. The van der Waals surface area contributed by atoms with Crippen molar-refractivity contribution in [3.05, 3.63) is 52.5 Å². The summed E-state index contributed by atoms with van der Waals surface area (Å²) >= 11 is 3.51. The third kappa shape index (κ3) is 3.69. The molecule has 0 amide bonds. The van der Waals surface area contributed by atoms with Crippen LogP contribution in [0.4, 0.5) is 11.4 Å². The van der Waals surface area contributed by atoms with Crippen molar-refractivity contribution in [3.63, 3.8) is 0 Å². The van der Waals surface area contributed by atoms with Gasteiger partial charge in [-0.3, -0.25) is 0 Å². The number of anilines is 1. The predicted molar refractivity (Wildman–Crippen MR) is 98.5 cm³/mol. The molecule has 2 N–H and O–H groups in total. The summed E-state index contributed by atoms with van der Waals surface area (Å²) in [5.74, 6) is 0.729. The van der Waals surface area contributed by atoms with Crippen LogP contribution >= 0.6 is 15.9 Å². The van der Waals surface area contributed by atoms with Crippen molar-refractivity contribution in [3.8, 4) is 11.8 Å². The minimum atomic E-state index is 0.0353. The number of para-hydroxylation sites is 1. The molecule has 24 heavy (non-hydrogen) atoms. The number of guanidine groups is 1. The predicted octanol–water partition coefficient (Wildman–Crippen LogP) is 4.22. The number of aliphatic imine (C=N–C) groups is 1. The molecule has 5 nitrogen and oxygen atoms in total. The number of hydrogen-bond donors (Lipinski definition) is 2. The Morgan fingerprint density at radius 3 is 2.62 bits per heavy atom. The Balaban J connectivity index is 1.94. The van der Waals surface area contributed by atoms with Crippen molar-refractivity contribution in [2.24, 2.45) is 4.99 Å². The van der Waals surface area contributed by atoms with Gasteiger partial charge < -0.3 is 15.3 Å². The Kier molecular flexibility index (Phi) is 5.02. The summed E-state index contributed by atoms with van der Waals surface area (Å²) in [5.41, 5.74) is 1.77. The summed E-state index contributed by atoms with van der Waals surface area (Å²) in [6, 6.07) is 14.6. The second kappa shape index (κ2) is 7.37. The first-order chi connectivity index (χ1) is 11.7. The fourth-order valence-corrected chi connectivity index (χ4v) is 2.96. The van der Waals surface area contributed by atoms with E-state index in [1.54, 1.807) is 12.1 Å². The monoisotopic (exact) mass is 384 g/mol. The van der Waals surface area contributed by atoms with Crippen molar-refractivity contribution in [1.29, 1.82) is 5.26 Å². The van der Waals surface area contributed by atoms with Gasteiger partial charge in [0.25, 0.3) is 0 Å². The maximum absolute atomic E-state index is 10.1. The lowest BCUT2D eigenvalue weighted by Gasteiger charge is -2.22. The molecule has 0 atom stereocenters. The van der Waals surface area contributed by atoms with Crippen molar-refractivity contribution in [2.75, 3.05) is 18.4 Å². The first-order valence-corrected chi connectivity index (χ1v) is 8.55. The van der Waals surface area contributed by atoms with Crippen LogP contribution in [0.3, 0.4) is 0 Å². The Bertz CT molecular complexity index is 807. The first-order valence-electron chi connectivity index (χ1n) is 7.75. The molecule has 6 heteroatoms. The van der Waals surface area contributed by atoms with E-state index in [-0.39, 0.29) is 5.75 Å². The Hall–Kier alpha value is -2.52. The number of nitrogens with one attached hydrogen (secondary N) is 1. The molecule has 0 saturated carbocycles. The molecule has 122 valence electrons. The number of aromatic hydroxyl groups is 1. The third-order valence-corrected chi connectivity index (χ3v) is 4.53. The number of likely N-dealkylation sites (tertiary alicyclic amines) is 1. The van der Waals surface area contributed by atoms with Gasteiger partial charge in [-0.15, -0.1) is 0 Å². The zero-order valence-electron chi connectivity index (χ0n) is 13.0. The van der Waals surface area contributed by atoms with Crippen LogP contribution in [0.1, 0.15) is 18.4 Å². The number of phenolic OH excluding ortho intramolecular Hbond substituents is 1. The fourth-order valence-electron chi connectivity index (χ4n) is 2.59. The van der Waals surface area contributed by atoms with E-state index in [1.807, 2.05) is 30.3 Å². The second-order valence-electron chi connectivity index (χ2n) is 5.55. The molecular formula is C18H17BrN4O. The van der Waals surface area contributed by atoms with Gasteiger partial charge in [0.05, 0.1) is 23.0 Å². The quantitative estimate of drug-likeness (QED) is 0.461. The minimum Gasteiger partial charge on any atom is -0.506 e. The number of benzene rings is 2. The summed E-state index contributed by atoms with van der Waals surface area (Å²) < 4.78 is 0.910. The van der Waals surface area contributed by atoms with Crippen LogP contribution in [0, 0.1) is 11.3 Å². The van der Waals surface area contributed by atoms with Crippen molar-refractivity contribution >= 4 is 33.3 Å².